The Labute approximate surface area is 103 Å². The number of halogens is 1. The summed E-state index contributed by atoms with van der Waals surface area (Å²) in [5.74, 6) is -0.552. The van der Waals surface area contributed by atoms with Crippen molar-refractivity contribution >= 4 is 11.6 Å². The van der Waals surface area contributed by atoms with E-state index in [1.165, 1.54) is 24.5 Å². The number of carbonyl (C=O) groups excluding carboxylic acids is 1. The van der Waals surface area contributed by atoms with Gasteiger partial charge in [0.2, 0.25) is 0 Å². The molecule has 1 aromatic carbocycles. The second kappa shape index (κ2) is 5.18. The largest absolute Gasteiger partial charge is 0.459 e. The fourth-order valence-electron chi connectivity index (χ4n) is 1.32. The first-order chi connectivity index (χ1) is 8.66. The summed E-state index contributed by atoms with van der Waals surface area (Å²) < 4.78 is 17.6. The molecular formula is C13H11FN2O2. The SMILES string of the molecule is C=C(NNC(=O)c1ccco1)c1ccc(F)cc1. The van der Waals surface area contributed by atoms with E-state index in [2.05, 4.69) is 17.4 Å². The van der Waals surface area contributed by atoms with Crippen molar-refractivity contribution in [2.24, 2.45) is 0 Å². The van der Waals surface area contributed by atoms with Crippen molar-refractivity contribution in [3.8, 4) is 0 Å². The molecular weight excluding hydrogens is 235 g/mol. The third kappa shape index (κ3) is 2.76. The van der Waals surface area contributed by atoms with Crippen LogP contribution in [0.1, 0.15) is 16.1 Å². The van der Waals surface area contributed by atoms with Gasteiger partial charge in [0.05, 0.1) is 12.0 Å². The minimum atomic E-state index is -0.414. The summed E-state index contributed by atoms with van der Waals surface area (Å²) in [7, 11) is 0. The highest BCUT2D eigenvalue weighted by Crippen LogP contribution is 2.09. The molecule has 92 valence electrons. The Bertz CT molecular complexity index is 547. The summed E-state index contributed by atoms with van der Waals surface area (Å²) in [6.45, 7) is 3.73. The van der Waals surface area contributed by atoms with Gasteiger partial charge < -0.3 is 4.42 Å². The highest BCUT2D eigenvalue weighted by atomic mass is 19.1. The number of hydrogen-bond donors (Lipinski definition) is 2. The monoisotopic (exact) mass is 246 g/mol. The van der Waals surface area contributed by atoms with Gasteiger partial charge >= 0.3 is 5.91 Å². The van der Waals surface area contributed by atoms with Crippen LogP contribution in [0.2, 0.25) is 0 Å². The summed E-state index contributed by atoms with van der Waals surface area (Å²) in [5.41, 5.74) is 6.18. The molecule has 1 aromatic heterocycles. The molecule has 0 saturated carbocycles. The molecule has 0 spiro atoms. The van der Waals surface area contributed by atoms with E-state index >= 15 is 0 Å². The number of amides is 1. The first-order valence-electron chi connectivity index (χ1n) is 5.21. The molecule has 0 fully saturated rings. The Hall–Kier alpha value is -2.56. The van der Waals surface area contributed by atoms with Gasteiger partial charge in [0.15, 0.2) is 5.76 Å². The minimum absolute atomic E-state index is 0.189. The molecule has 0 atom stereocenters. The van der Waals surface area contributed by atoms with Crippen molar-refractivity contribution in [3.63, 3.8) is 0 Å². The minimum Gasteiger partial charge on any atom is -0.459 e. The average Bonchev–Trinajstić information content (AvgIpc) is 2.90. The van der Waals surface area contributed by atoms with E-state index in [9.17, 15) is 9.18 Å². The lowest BCUT2D eigenvalue weighted by Gasteiger charge is -2.10. The maximum Gasteiger partial charge on any atom is 0.305 e. The van der Waals surface area contributed by atoms with Crippen molar-refractivity contribution < 1.29 is 13.6 Å². The maximum absolute atomic E-state index is 12.7. The van der Waals surface area contributed by atoms with Crippen LogP contribution in [0.5, 0.6) is 0 Å². The maximum atomic E-state index is 12.7. The smallest absolute Gasteiger partial charge is 0.305 e. The third-order valence-corrected chi connectivity index (χ3v) is 2.26. The molecule has 1 amide bonds. The lowest BCUT2D eigenvalue weighted by molar-refractivity contribution is 0.0914. The molecule has 1 heterocycles. The molecule has 2 rings (SSSR count). The summed E-state index contributed by atoms with van der Waals surface area (Å²) in [6, 6.07) is 8.90. The van der Waals surface area contributed by atoms with Crippen LogP contribution < -0.4 is 10.9 Å². The summed E-state index contributed by atoms with van der Waals surface area (Å²) in [4.78, 5) is 11.5. The van der Waals surface area contributed by atoms with Gasteiger partial charge in [-0.25, -0.2) is 4.39 Å². The number of carbonyl (C=O) groups is 1. The standard InChI is InChI=1S/C13H11FN2O2/c1-9(10-4-6-11(14)7-5-10)15-16-13(17)12-3-2-8-18-12/h2-8,15H,1H2,(H,16,17). The molecule has 0 unspecified atom stereocenters. The number of furan rings is 1. The van der Waals surface area contributed by atoms with Crippen molar-refractivity contribution in [2.45, 2.75) is 0 Å². The van der Waals surface area contributed by atoms with E-state index in [1.54, 1.807) is 18.2 Å². The topological polar surface area (TPSA) is 54.3 Å². The van der Waals surface area contributed by atoms with E-state index in [0.29, 0.717) is 11.3 Å². The predicted molar refractivity (Wildman–Crippen MR) is 64.7 cm³/mol. The van der Waals surface area contributed by atoms with Crippen LogP contribution in [0.15, 0.2) is 53.7 Å². The second-order valence-electron chi connectivity index (χ2n) is 3.54. The highest BCUT2D eigenvalue weighted by molar-refractivity contribution is 5.91. The Morgan fingerprint density at radius 3 is 2.50 bits per heavy atom. The van der Waals surface area contributed by atoms with Crippen LogP contribution in [0.25, 0.3) is 5.70 Å². The van der Waals surface area contributed by atoms with Crippen molar-refractivity contribution in [1.82, 2.24) is 10.9 Å². The Kier molecular flexibility index (Phi) is 3.43. The first-order valence-corrected chi connectivity index (χ1v) is 5.21. The Morgan fingerprint density at radius 2 is 1.89 bits per heavy atom. The first kappa shape index (κ1) is 11.9. The molecule has 2 aromatic rings. The molecule has 18 heavy (non-hydrogen) atoms. The lowest BCUT2D eigenvalue weighted by Crippen LogP contribution is -2.35. The molecule has 0 aliphatic rings. The van der Waals surface area contributed by atoms with Gasteiger partial charge in [0.25, 0.3) is 0 Å². The number of benzene rings is 1. The van der Waals surface area contributed by atoms with Crippen LogP contribution in [0.3, 0.4) is 0 Å². The van der Waals surface area contributed by atoms with E-state index in [4.69, 9.17) is 4.42 Å². The van der Waals surface area contributed by atoms with Gasteiger partial charge in [0.1, 0.15) is 5.82 Å². The van der Waals surface area contributed by atoms with Crippen LogP contribution in [0, 0.1) is 5.82 Å². The normalized spacial score (nSPS) is 9.83. The number of hydrogen-bond acceptors (Lipinski definition) is 3. The van der Waals surface area contributed by atoms with E-state index in [1.807, 2.05) is 0 Å². The zero-order valence-corrected chi connectivity index (χ0v) is 9.44. The van der Waals surface area contributed by atoms with Gasteiger partial charge in [-0.15, -0.1) is 0 Å². The molecule has 0 radical (unpaired) electrons. The molecule has 0 aliphatic heterocycles. The van der Waals surface area contributed by atoms with Gasteiger partial charge in [-0.1, -0.05) is 6.58 Å². The van der Waals surface area contributed by atoms with Crippen molar-refractivity contribution in [2.75, 3.05) is 0 Å². The van der Waals surface area contributed by atoms with E-state index in [0.717, 1.165) is 0 Å². The molecule has 4 nitrogen and oxygen atoms in total. The van der Waals surface area contributed by atoms with Gasteiger partial charge in [0, 0.05) is 0 Å². The number of hydrazine groups is 1. The van der Waals surface area contributed by atoms with Crippen LogP contribution in [-0.4, -0.2) is 5.91 Å². The molecule has 0 bridgehead atoms. The predicted octanol–water partition coefficient (Wildman–Crippen LogP) is 2.32. The summed E-state index contributed by atoms with van der Waals surface area (Å²) in [6.07, 6.45) is 1.41. The number of nitrogens with one attached hydrogen (secondary N) is 2. The quantitative estimate of drug-likeness (QED) is 0.814. The zero-order chi connectivity index (χ0) is 13.0. The van der Waals surface area contributed by atoms with Crippen LogP contribution >= 0.6 is 0 Å². The fraction of sp³-hybridized carbons (Fsp3) is 0. The Morgan fingerprint density at radius 1 is 1.17 bits per heavy atom. The molecule has 0 saturated heterocycles. The van der Waals surface area contributed by atoms with Crippen molar-refractivity contribution in [1.29, 1.82) is 0 Å². The number of rotatable bonds is 4. The summed E-state index contributed by atoms with van der Waals surface area (Å²) in [5, 5.41) is 0. The Balaban J connectivity index is 1.92. The zero-order valence-electron chi connectivity index (χ0n) is 9.44. The molecule has 0 aliphatic carbocycles. The van der Waals surface area contributed by atoms with Gasteiger partial charge in [-0.3, -0.25) is 15.6 Å². The van der Waals surface area contributed by atoms with Gasteiger partial charge in [-0.2, -0.15) is 0 Å². The third-order valence-electron chi connectivity index (χ3n) is 2.26. The second-order valence-corrected chi connectivity index (χ2v) is 3.54. The van der Waals surface area contributed by atoms with Crippen LogP contribution in [-0.2, 0) is 0 Å². The van der Waals surface area contributed by atoms with Gasteiger partial charge in [-0.05, 0) is 42.0 Å². The van der Waals surface area contributed by atoms with Crippen LogP contribution in [0.4, 0.5) is 4.39 Å². The highest BCUT2D eigenvalue weighted by Gasteiger charge is 2.07. The average molecular weight is 246 g/mol. The lowest BCUT2D eigenvalue weighted by atomic mass is 10.2. The fourth-order valence-corrected chi connectivity index (χ4v) is 1.32. The molecule has 5 heteroatoms. The molecule has 2 N–H and O–H groups in total. The van der Waals surface area contributed by atoms with E-state index < -0.39 is 5.91 Å². The van der Waals surface area contributed by atoms with Crippen molar-refractivity contribution in [3.05, 3.63) is 66.4 Å². The van der Waals surface area contributed by atoms with E-state index in [-0.39, 0.29) is 11.6 Å². The summed E-state index contributed by atoms with van der Waals surface area (Å²) >= 11 is 0.